The standard InChI is InChI=1S/C10H17N3O2S/c1-7(2)8-12-9(16-13-8)11-5-10(14)3-4-15-6-10/h7,14H,3-6H2,1-2H3,(H,11,12,13). The van der Waals surface area contributed by atoms with Gasteiger partial charge in [-0.3, -0.25) is 0 Å². The van der Waals surface area contributed by atoms with Gasteiger partial charge in [-0.25, -0.2) is 4.98 Å². The number of anilines is 1. The van der Waals surface area contributed by atoms with Crippen molar-refractivity contribution in [2.24, 2.45) is 0 Å². The number of aromatic nitrogens is 2. The fourth-order valence-electron chi connectivity index (χ4n) is 1.52. The van der Waals surface area contributed by atoms with Crippen LogP contribution in [0.1, 0.15) is 32.0 Å². The summed E-state index contributed by atoms with van der Waals surface area (Å²) in [6.45, 7) is 5.62. The molecule has 1 unspecified atom stereocenters. The lowest BCUT2D eigenvalue weighted by molar-refractivity contribution is 0.0382. The molecule has 0 amide bonds. The lowest BCUT2D eigenvalue weighted by atomic mass is 10.0. The summed E-state index contributed by atoms with van der Waals surface area (Å²) in [6.07, 6.45) is 0.676. The molecule has 5 nitrogen and oxygen atoms in total. The number of hydrogen-bond donors (Lipinski definition) is 2. The summed E-state index contributed by atoms with van der Waals surface area (Å²) >= 11 is 1.34. The fourth-order valence-corrected chi connectivity index (χ4v) is 2.22. The average Bonchev–Trinajstić information content (AvgIpc) is 2.84. The van der Waals surface area contributed by atoms with Gasteiger partial charge in [-0.1, -0.05) is 13.8 Å². The first-order valence-electron chi connectivity index (χ1n) is 5.47. The Kier molecular flexibility index (Phi) is 3.41. The van der Waals surface area contributed by atoms with Gasteiger partial charge in [0.25, 0.3) is 0 Å². The second-order valence-corrected chi connectivity index (χ2v) is 5.24. The maximum Gasteiger partial charge on any atom is 0.202 e. The highest BCUT2D eigenvalue weighted by molar-refractivity contribution is 7.09. The molecule has 1 aliphatic heterocycles. The fraction of sp³-hybridized carbons (Fsp3) is 0.800. The number of ether oxygens (including phenoxy) is 1. The molecular weight excluding hydrogens is 226 g/mol. The Bertz CT molecular complexity index is 348. The first-order valence-corrected chi connectivity index (χ1v) is 6.24. The van der Waals surface area contributed by atoms with E-state index in [2.05, 4.69) is 28.5 Å². The van der Waals surface area contributed by atoms with Crippen molar-refractivity contribution in [1.29, 1.82) is 0 Å². The molecule has 1 saturated heterocycles. The van der Waals surface area contributed by atoms with Crippen molar-refractivity contribution < 1.29 is 9.84 Å². The van der Waals surface area contributed by atoms with E-state index in [1.807, 2.05) is 0 Å². The molecule has 2 heterocycles. The number of hydrogen-bond acceptors (Lipinski definition) is 6. The highest BCUT2D eigenvalue weighted by Crippen LogP contribution is 2.21. The van der Waals surface area contributed by atoms with Crippen LogP contribution in [-0.2, 0) is 4.74 Å². The second kappa shape index (κ2) is 4.65. The van der Waals surface area contributed by atoms with Crippen LogP contribution in [-0.4, -0.2) is 39.8 Å². The highest BCUT2D eigenvalue weighted by atomic mass is 32.1. The van der Waals surface area contributed by atoms with E-state index in [-0.39, 0.29) is 0 Å². The largest absolute Gasteiger partial charge is 0.386 e. The Morgan fingerprint density at radius 3 is 3.00 bits per heavy atom. The van der Waals surface area contributed by atoms with E-state index < -0.39 is 5.60 Å². The minimum Gasteiger partial charge on any atom is -0.386 e. The van der Waals surface area contributed by atoms with Crippen LogP contribution >= 0.6 is 11.5 Å². The zero-order valence-electron chi connectivity index (χ0n) is 9.56. The van der Waals surface area contributed by atoms with E-state index >= 15 is 0 Å². The predicted octanol–water partition coefficient (Wildman–Crippen LogP) is 1.22. The zero-order chi connectivity index (χ0) is 11.6. The van der Waals surface area contributed by atoms with Gasteiger partial charge in [0.15, 0.2) is 0 Å². The van der Waals surface area contributed by atoms with E-state index in [1.165, 1.54) is 11.5 Å². The molecule has 0 radical (unpaired) electrons. The van der Waals surface area contributed by atoms with Crippen molar-refractivity contribution in [3.63, 3.8) is 0 Å². The van der Waals surface area contributed by atoms with Crippen LogP contribution in [0.25, 0.3) is 0 Å². The van der Waals surface area contributed by atoms with Crippen molar-refractivity contribution in [3.8, 4) is 0 Å². The van der Waals surface area contributed by atoms with Gasteiger partial charge in [0.2, 0.25) is 5.13 Å². The summed E-state index contributed by atoms with van der Waals surface area (Å²) in [4.78, 5) is 4.35. The van der Waals surface area contributed by atoms with E-state index in [0.717, 1.165) is 11.0 Å². The quantitative estimate of drug-likeness (QED) is 0.832. The second-order valence-electron chi connectivity index (χ2n) is 4.49. The molecule has 0 aliphatic carbocycles. The third kappa shape index (κ3) is 2.69. The maximum atomic E-state index is 10.0. The minimum absolute atomic E-state index is 0.338. The van der Waals surface area contributed by atoms with Gasteiger partial charge >= 0.3 is 0 Å². The van der Waals surface area contributed by atoms with Crippen LogP contribution in [0.3, 0.4) is 0 Å². The van der Waals surface area contributed by atoms with E-state index in [4.69, 9.17) is 4.74 Å². The van der Waals surface area contributed by atoms with E-state index in [9.17, 15) is 5.11 Å². The lowest BCUT2D eigenvalue weighted by Gasteiger charge is -2.19. The lowest BCUT2D eigenvalue weighted by Crippen LogP contribution is -2.37. The Morgan fingerprint density at radius 1 is 1.62 bits per heavy atom. The molecule has 0 spiro atoms. The van der Waals surface area contributed by atoms with Crippen LogP contribution in [0.5, 0.6) is 0 Å². The SMILES string of the molecule is CC(C)c1nsc(NCC2(O)CCOC2)n1. The Hall–Kier alpha value is -0.720. The van der Waals surface area contributed by atoms with E-state index in [0.29, 0.717) is 32.1 Å². The Balaban J connectivity index is 1.89. The van der Waals surface area contributed by atoms with Crippen LogP contribution in [0.4, 0.5) is 5.13 Å². The summed E-state index contributed by atoms with van der Waals surface area (Å²) in [7, 11) is 0. The first-order chi connectivity index (χ1) is 7.59. The van der Waals surface area contributed by atoms with Crippen molar-refractivity contribution in [2.75, 3.05) is 25.1 Å². The normalized spacial score (nSPS) is 25.2. The Morgan fingerprint density at radius 2 is 2.44 bits per heavy atom. The van der Waals surface area contributed by atoms with E-state index in [1.54, 1.807) is 0 Å². The van der Waals surface area contributed by atoms with Gasteiger partial charge in [0.1, 0.15) is 11.4 Å². The molecule has 1 aromatic heterocycles. The van der Waals surface area contributed by atoms with Crippen LogP contribution < -0.4 is 5.32 Å². The molecule has 16 heavy (non-hydrogen) atoms. The average molecular weight is 243 g/mol. The molecule has 0 bridgehead atoms. The molecule has 1 atom stereocenters. The summed E-state index contributed by atoms with van der Waals surface area (Å²) in [6, 6.07) is 0. The number of aliphatic hydroxyl groups is 1. The molecule has 90 valence electrons. The third-order valence-electron chi connectivity index (χ3n) is 2.61. The van der Waals surface area contributed by atoms with Gasteiger partial charge in [-0.15, -0.1) is 0 Å². The smallest absolute Gasteiger partial charge is 0.202 e. The highest BCUT2D eigenvalue weighted by Gasteiger charge is 2.32. The molecule has 1 aliphatic rings. The zero-order valence-corrected chi connectivity index (χ0v) is 10.4. The van der Waals surface area contributed by atoms with Crippen molar-refractivity contribution >= 4 is 16.7 Å². The monoisotopic (exact) mass is 243 g/mol. The maximum absolute atomic E-state index is 10.0. The molecule has 2 rings (SSSR count). The summed E-state index contributed by atoms with van der Waals surface area (Å²) in [5.41, 5.74) is -0.746. The van der Waals surface area contributed by atoms with Crippen molar-refractivity contribution in [3.05, 3.63) is 5.82 Å². The predicted molar refractivity (Wildman–Crippen MR) is 62.9 cm³/mol. The molecule has 0 aromatic carbocycles. The number of nitrogens with zero attached hydrogens (tertiary/aromatic N) is 2. The van der Waals surface area contributed by atoms with Gasteiger partial charge < -0.3 is 15.2 Å². The van der Waals surface area contributed by atoms with Crippen LogP contribution in [0.2, 0.25) is 0 Å². The van der Waals surface area contributed by atoms with Gasteiger partial charge in [0.05, 0.1) is 6.61 Å². The molecular formula is C10H17N3O2S. The van der Waals surface area contributed by atoms with Gasteiger partial charge in [-0.05, 0) is 0 Å². The Labute approximate surface area is 99.0 Å². The molecule has 1 fully saturated rings. The number of rotatable bonds is 4. The topological polar surface area (TPSA) is 67.3 Å². The molecule has 6 heteroatoms. The molecule has 2 N–H and O–H groups in total. The van der Waals surface area contributed by atoms with Crippen molar-refractivity contribution in [1.82, 2.24) is 9.36 Å². The van der Waals surface area contributed by atoms with Crippen LogP contribution in [0, 0.1) is 0 Å². The third-order valence-corrected chi connectivity index (χ3v) is 3.30. The van der Waals surface area contributed by atoms with Gasteiger partial charge in [-0.2, -0.15) is 4.37 Å². The van der Waals surface area contributed by atoms with Crippen molar-refractivity contribution in [2.45, 2.75) is 31.8 Å². The number of nitrogens with one attached hydrogen (secondary N) is 1. The summed E-state index contributed by atoms with van der Waals surface area (Å²) in [5, 5.41) is 13.9. The van der Waals surface area contributed by atoms with Crippen LogP contribution in [0.15, 0.2) is 0 Å². The minimum atomic E-state index is -0.746. The summed E-state index contributed by atoms with van der Waals surface area (Å²) in [5.74, 6) is 1.19. The first kappa shape index (κ1) is 11.8. The summed E-state index contributed by atoms with van der Waals surface area (Å²) < 4.78 is 9.41. The van der Waals surface area contributed by atoms with Gasteiger partial charge in [0, 0.05) is 37.0 Å². The molecule has 0 saturated carbocycles. The molecule has 1 aromatic rings.